The van der Waals surface area contributed by atoms with Crippen LogP contribution >= 0.6 is 11.3 Å². The summed E-state index contributed by atoms with van der Waals surface area (Å²) in [4.78, 5) is 43.7. The number of fused-ring (bicyclic) bond motifs is 6. The first kappa shape index (κ1) is 35.9. The molecule has 3 saturated heterocycles. The third-order valence-electron chi connectivity index (χ3n) is 11.2. The second-order valence-electron chi connectivity index (χ2n) is 16.2. The van der Waals surface area contributed by atoms with Crippen LogP contribution in [0.15, 0.2) is 6.20 Å². The van der Waals surface area contributed by atoms with Gasteiger partial charge in [-0.15, -0.1) is 11.3 Å². The van der Waals surface area contributed by atoms with E-state index in [1.807, 2.05) is 0 Å². The zero-order valence-corrected chi connectivity index (χ0v) is 31.7. The summed E-state index contributed by atoms with van der Waals surface area (Å²) in [7, 11) is 1.73. The highest BCUT2D eigenvalue weighted by Gasteiger charge is 2.49. The Morgan fingerprint density at radius 1 is 1.20 bits per heavy atom. The van der Waals surface area contributed by atoms with Gasteiger partial charge in [0.1, 0.15) is 34.0 Å². The Labute approximate surface area is 319 Å². The monoisotopic (exact) mass is 774 g/mol. The Kier molecular flexibility index (Phi) is 8.61. The van der Waals surface area contributed by atoms with Crippen molar-refractivity contribution in [3.05, 3.63) is 34.5 Å². The zero-order chi connectivity index (χ0) is 38.4. The molecule has 55 heavy (non-hydrogen) atoms. The summed E-state index contributed by atoms with van der Waals surface area (Å²) in [5, 5.41) is 16.6. The number of pyridine rings is 1. The molecule has 3 atom stereocenters. The molecule has 3 aromatic heterocycles. The van der Waals surface area contributed by atoms with Gasteiger partial charge in [-0.1, -0.05) is 0 Å². The van der Waals surface area contributed by atoms with Crippen molar-refractivity contribution in [3.8, 4) is 23.3 Å². The zero-order valence-electron chi connectivity index (χ0n) is 30.9. The van der Waals surface area contributed by atoms with Crippen LogP contribution in [0.4, 0.5) is 24.4 Å². The normalized spacial score (nSPS) is 22.7. The largest absolute Gasteiger partial charge is 0.463 e. The van der Waals surface area contributed by atoms with Crippen LogP contribution in [-0.4, -0.2) is 100 Å². The Hall–Kier alpha value is -4.76. The van der Waals surface area contributed by atoms with Gasteiger partial charge in [0.2, 0.25) is 5.91 Å². The number of nitrogens with one attached hydrogen (secondary N) is 2. The van der Waals surface area contributed by atoms with Gasteiger partial charge in [0.25, 0.3) is 0 Å². The van der Waals surface area contributed by atoms with Gasteiger partial charge in [0, 0.05) is 49.1 Å². The van der Waals surface area contributed by atoms with Crippen molar-refractivity contribution in [2.45, 2.75) is 83.5 Å². The third-order valence-corrected chi connectivity index (χ3v) is 12.3. The lowest BCUT2D eigenvalue weighted by molar-refractivity contribution is -0.127. The number of nitrogens with zero attached hydrogens (tertiary/aromatic N) is 6. The summed E-state index contributed by atoms with van der Waals surface area (Å²) < 4.78 is 56.4. The molecular weight excluding hydrogens is 735 g/mol. The van der Waals surface area contributed by atoms with Gasteiger partial charge in [-0.3, -0.25) is 20.0 Å². The maximum atomic E-state index is 17.5. The van der Waals surface area contributed by atoms with Crippen molar-refractivity contribution in [3.63, 3.8) is 0 Å². The van der Waals surface area contributed by atoms with Gasteiger partial charge in [-0.2, -0.15) is 15.2 Å². The molecule has 2 amide bonds. The number of morpholine rings is 1. The van der Waals surface area contributed by atoms with Gasteiger partial charge in [-0.05, 0) is 57.6 Å². The van der Waals surface area contributed by atoms with E-state index in [2.05, 4.69) is 31.6 Å². The molecule has 9 rings (SSSR count). The van der Waals surface area contributed by atoms with Crippen molar-refractivity contribution in [2.24, 2.45) is 5.41 Å². The van der Waals surface area contributed by atoms with Crippen molar-refractivity contribution in [1.82, 2.24) is 24.8 Å². The van der Waals surface area contributed by atoms with Crippen LogP contribution in [0.3, 0.4) is 0 Å². The van der Waals surface area contributed by atoms with Gasteiger partial charge in [0.05, 0.1) is 60.1 Å². The van der Waals surface area contributed by atoms with Gasteiger partial charge >= 0.3 is 12.1 Å². The molecule has 0 radical (unpaired) electrons. The number of hydrogen-bond donors (Lipinski definition) is 2. The van der Waals surface area contributed by atoms with E-state index in [1.165, 1.54) is 0 Å². The predicted molar refractivity (Wildman–Crippen MR) is 198 cm³/mol. The maximum absolute atomic E-state index is 17.5. The Balaban J connectivity index is 1.15. The van der Waals surface area contributed by atoms with E-state index in [0.717, 1.165) is 56.5 Å². The van der Waals surface area contributed by atoms with Gasteiger partial charge in [-0.25, -0.2) is 13.6 Å². The van der Waals surface area contributed by atoms with Crippen molar-refractivity contribution < 1.29 is 37.3 Å². The van der Waals surface area contributed by atoms with E-state index in [-0.39, 0.29) is 79.9 Å². The molecule has 4 fully saturated rings. The lowest BCUT2D eigenvalue weighted by atomic mass is 9.93. The first-order valence-corrected chi connectivity index (χ1v) is 19.3. The molecule has 17 heteroatoms. The van der Waals surface area contributed by atoms with Crippen LogP contribution in [0.1, 0.15) is 63.1 Å². The van der Waals surface area contributed by atoms with Crippen LogP contribution in [0.2, 0.25) is 0 Å². The Morgan fingerprint density at radius 2 is 2.00 bits per heavy atom. The number of nitriles is 1. The standard InChI is InChI=1S/C38H40F2N8O6S/c1-37(2,3)54-36(50)46-33-20(10-41)26-29(42-11-23(39)31(26)55-33)25-21-14-51-15-22(21)27-30(28(25)40)44-35(45-32(27)43-24-5-8-47(4)34(24)49)53-17-38(6-7-38)16-48-12-19-9-18(48)13-52-19/h11,18-19,24H,5-9,12-17H2,1-4H3,(H,46,50)(H,43,44,45)/t18-,19-,24-/m1/s1. The second kappa shape index (κ2) is 13.2. The number of carbonyl (C=O) groups excluding carboxylic acids is 2. The summed E-state index contributed by atoms with van der Waals surface area (Å²) in [5.41, 5.74) is -0.122. The molecule has 1 aromatic carbocycles. The topological polar surface area (TPSA) is 164 Å². The number of amides is 2. The number of hydrogen-bond acceptors (Lipinski definition) is 13. The molecule has 5 aliphatic rings. The molecule has 4 aliphatic heterocycles. The molecule has 1 saturated carbocycles. The number of aromatic nitrogens is 3. The summed E-state index contributed by atoms with van der Waals surface area (Å²) in [6, 6.07) is 1.82. The molecular formula is C38H40F2N8O6S. The molecule has 0 unspecified atom stereocenters. The fraction of sp³-hybridized carbons (Fsp3) is 0.526. The molecule has 4 aromatic rings. The van der Waals surface area contributed by atoms with Crippen LogP contribution in [0.5, 0.6) is 6.01 Å². The minimum atomic E-state index is -0.832. The van der Waals surface area contributed by atoms with Gasteiger partial charge in [0.15, 0.2) is 11.6 Å². The van der Waals surface area contributed by atoms with E-state index in [0.29, 0.717) is 42.1 Å². The SMILES string of the molecule is CN1CC[C@@H](Nc2nc(OCC3(CN4C[C@H]5C[C@@H]4CO5)CC3)nc3c(F)c(-c4ncc(F)c5sc(NC(=O)OC(C)(C)C)c(C#N)c45)c4c(c23)COC4)C1=O. The van der Waals surface area contributed by atoms with Crippen molar-refractivity contribution in [2.75, 3.05) is 50.5 Å². The summed E-state index contributed by atoms with van der Waals surface area (Å²) in [5.74, 6) is -1.41. The highest BCUT2D eigenvalue weighted by molar-refractivity contribution is 7.23. The lowest BCUT2D eigenvalue weighted by Crippen LogP contribution is -2.42. The predicted octanol–water partition coefficient (Wildman–Crippen LogP) is 5.71. The average molecular weight is 775 g/mol. The minimum Gasteiger partial charge on any atom is -0.463 e. The lowest BCUT2D eigenvalue weighted by Gasteiger charge is -2.30. The van der Waals surface area contributed by atoms with Crippen LogP contribution in [0.25, 0.3) is 32.2 Å². The molecule has 2 N–H and O–H groups in total. The van der Waals surface area contributed by atoms with E-state index in [4.69, 9.17) is 23.9 Å². The first-order valence-electron chi connectivity index (χ1n) is 18.5. The molecule has 288 valence electrons. The summed E-state index contributed by atoms with van der Waals surface area (Å²) in [6.07, 6.45) is 3.94. The van der Waals surface area contributed by atoms with E-state index in [9.17, 15) is 14.9 Å². The molecule has 14 nitrogen and oxygen atoms in total. The number of anilines is 2. The number of halogens is 2. The highest BCUT2D eigenvalue weighted by Crippen LogP contribution is 2.49. The average Bonchev–Trinajstić information content (AvgIpc) is 3.68. The first-order chi connectivity index (χ1) is 26.3. The molecule has 0 spiro atoms. The molecule has 1 aliphatic carbocycles. The fourth-order valence-electron chi connectivity index (χ4n) is 8.24. The van der Waals surface area contributed by atoms with E-state index < -0.39 is 29.4 Å². The van der Waals surface area contributed by atoms with Crippen LogP contribution < -0.4 is 15.4 Å². The Bertz CT molecular complexity index is 2320. The number of likely N-dealkylation sites (N-methyl/N-ethyl adjacent to an activating group) is 1. The number of thiophene rings is 1. The van der Waals surface area contributed by atoms with Crippen LogP contribution in [-0.2, 0) is 32.2 Å². The van der Waals surface area contributed by atoms with Gasteiger partial charge < -0.3 is 29.2 Å². The quantitative estimate of drug-likeness (QED) is 0.213. The maximum Gasteiger partial charge on any atom is 0.412 e. The minimum absolute atomic E-state index is 0.00483. The Morgan fingerprint density at radius 3 is 2.67 bits per heavy atom. The number of ether oxygens (including phenoxy) is 4. The van der Waals surface area contributed by atoms with E-state index >= 15 is 8.78 Å². The third kappa shape index (κ3) is 6.38. The smallest absolute Gasteiger partial charge is 0.412 e. The van der Waals surface area contributed by atoms with Crippen LogP contribution in [0, 0.1) is 28.4 Å². The van der Waals surface area contributed by atoms with Crippen molar-refractivity contribution >= 4 is 55.1 Å². The number of carbonyl (C=O) groups is 2. The second-order valence-corrected chi connectivity index (χ2v) is 17.3. The molecule has 2 bridgehead atoms. The van der Waals surface area contributed by atoms with E-state index in [1.54, 1.807) is 32.7 Å². The summed E-state index contributed by atoms with van der Waals surface area (Å²) >= 11 is 0.829. The fourth-order valence-corrected chi connectivity index (χ4v) is 9.28. The number of likely N-dealkylation sites (tertiary alicyclic amines) is 2. The molecule has 7 heterocycles. The number of rotatable bonds is 9. The number of benzene rings is 1. The highest BCUT2D eigenvalue weighted by atomic mass is 32.1. The summed E-state index contributed by atoms with van der Waals surface area (Å²) in [6.45, 7) is 8.52. The van der Waals surface area contributed by atoms with Crippen molar-refractivity contribution in [1.29, 1.82) is 5.26 Å².